The zero-order valence-corrected chi connectivity index (χ0v) is 11.8. The summed E-state index contributed by atoms with van der Waals surface area (Å²) in [6.07, 6.45) is 7.34. The number of rotatable bonds is 3. The molecule has 100 valence electrons. The summed E-state index contributed by atoms with van der Waals surface area (Å²) in [7, 11) is 2.19. The van der Waals surface area contributed by atoms with Crippen LogP contribution in [-0.4, -0.2) is 18.1 Å². The number of hydrogen-bond donors (Lipinski definition) is 1. The third-order valence-corrected chi connectivity index (χ3v) is 4.21. The lowest BCUT2D eigenvalue weighted by molar-refractivity contribution is 0.321. The highest BCUT2D eigenvalue weighted by molar-refractivity contribution is 5.45. The molecule has 0 saturated heterocycles. The van der Waals surface area contributed by atoms with E-state index in [0.717, 1.165) is 11.6 Å². The van der Waals surface area contributed by atoms with E-state index in [1.165, 1.54) is 31.4 Å². The van der Waals surface area contributed by atoms with Crippen molar-refractivity contribution in [1.82, 2.24) is 4.98 Å². The maximum atomic E-state index is 5.83. The minimum Gasteiger partial charge on any atom is -0.370 e. The number of nitrogens with zero attached hydrogens (tertiary/aromatic N) is 2. The van der Waals surface area contributed by atoms with Gasteiger partial charge in [0.25, 0.3) is 0 Å². The molecule has 0 bridgehead atoms. The van der Waals surface area contributed by atoms with Gasteiger partial charge in [0.1, 0.15) is 0 Å². The summed E-state index contributed by atoms with van der Waals surface area (Å²) in [5.41, 5.74) is 8.00. The van der Waals surface area contributed by atoms with Crippen LogP contribution in [0, 0.1) is 5.92 Å². The summed E-state index contributed by atoms with van der Waals surface area (Å²) < 4.78 is 0. The van der Waals surface area contributed by atoms with Gasteiger partial charge in [0.2, 0.25) is 0 Å². The predicted molar refractivity (Wildman–Crippen MR) is 76.7 cm³/mol. The van der Waals surface area contributed by atoms with Crippen molar-refractivity contribution in [3.8, 4) is 0 Å². The standard InChI is InChI=1S/C15H25N3/c1-11-6-4-5-7-15(11)18(3)13-8-9-14(12(2)16)17-10-13/h8-12,15H,4-7,16H2,1-3H3/t11?,12-,15?/m1/s1. The molecule has 1 heterocycles. The van der Waals surface area contributed by atoms with Gasteiger partial charge in [0.15, 0.2) is 0 Å². The molecule has 1 aromatic heterocycles. The second kappa shape index (κ2) is 5.70. The van der Waals surface area contributed by atoms with Crippen LogP contribution >= 0.6 is 0 Å². The molecule has 3 heteroatoms. The van der Waals surface area contributed by atoms with Crippen LogP contribution in [0.2, 0.25) is 0 Å². The minimum atomic E-state index is 0.0120. The van der Waals surface area contributed by atoms with E-state index in [-0.39, 0.29) is 6.04 Å². The number of aromatic nitrogens is 1. The molecule has 1 fully saturated rings. The minimum absolute atomic E-state index is 0.0120. The van der Waals surface area contributed by atoms with Gasteiger partial charge >= 0.3 is 0 Å². The highest BCUT2D eigenvalue weighted by atomic mass is 15.1. The van der Waals surface area contributed by atoms with Crippen molar-refractivity contribution in [2.24, 2.45) is 11.7 Å². The van der Waals surface area contributed by atoms with E-state index in [0.29, 0.717) is 6.04 Å². The summed E-state index contributed by atoms with van der Waals surface area (Å²) in [6.45, 7) is 4.33. The zero-order chi connectivity index (χ0) is 13.1. The first-order valence-electron chi connectivity index (χ1n) is 7.04. The van der Waals surface area contributed by atoms with Crippen LogP contribution in [0.1, 0.15) is 51.3 Å². The molecule has 0 spiro atoms. The van der Waals surface area contributed by atoms with Crippen molar-refractivity contribution < 1.29 is 0 Å². The van der Waals surface area contributed by atoms with Gasteiger partial charge in [-0.15, -0.1) is 0 Å². The Kier molecular flexibility index (Phi) is 4.23. The molecule has 0 amide bonds. The monoisotopic (exact) mass is 247 g/mol. The van der Waals surface area contributed by atoms with Gasteiger partial charge in [-0.2, -0.15) is 0 Å². The fraction of sp³-hybridized carbons (Fsp3) is 0.667. The van der Waals surface area contributed by atoms with Gasteiger partial charge in [-0.3, -0.25) is 4.98 Å². The highest BCUT2D eigenvalue weighted by Gasteiger charge is 2.25. The van der Waals surface area contributed by atoms with Gasteiger partial charge in [0, 0.05) is 19.1 Å². The Morgan fingerprint density at radius 2 is 2.06 bits per heavy atom. The Bertz CT molecular complexity index is 372. The van der Waals surface area contributed by atoms with Crippen LogP contribution in [-0.2, 0) is 0 Å². The molecule has 1 saturated carbocycles. The predicted octanol–water partition coefficient (Wildman–Crippen LogP) is 3.12. The molecular weight excluding hydrogens is 222 g/mol. The molecule has 18 heavy (non-hydrogen) atoms. The topological polar surface area (TPSA) is 42.1 Å². The second-order valence-electron chi connectivity index (χ2n) is 5.67. The average molecular weight is 247 g/mol. The van der Waals surface area contributed by atoms with E-state index in [4.69, 9.17) is 5.73 Å². The maximum absolute atomic E-state index is 5.83. The SMILES string of the molecule is CC1CCCCC1N(C)c1ccc([C@@H](C)N)nc1. The van der Waals surface area contributed by atoms with Gasteiger partial charge in [-0.25, -0.2) is 0 Å². The first-order valence-corrected chi connectivity index (χ1v) is 7.04. The lowest BCUT2D eigenvalue weighted by Crippen LogP contribution is -2.39. The van der Waals surface area contributed by atoms with Gasteiger partial charge in [0.05, 0.1) is 17.6 Å². The molecule has 2 unspecified atom stereocenters. The molecule has 1 aromatic rings. The van der Waals surface area contributed by atoms with Crippen molar-refractivity contribution in [1.29, 1.82) is 0 Å². The molecule has 1 aliphatic carbocycles. The molecule has 3 atom stereocenters. The summed E-state index contributed by atoms with van der Waals surface area (Å²) in [6, 6.07) is 4.86. The van der Waals surface area contributed by atoms with E-state index >= 15 is 0 Å². The van der Waals surface area contributed by atoms with Crippen molar-refractivity contribution >= 4 is 5.69 Å². The lowest BCUT2D eigenvalue weighted by Gasteiger charge is -2.37. The Balaban J connectivity index is 2.10. The van der Waals surface area contributed by atoms with Crippen LogP contribution in [0.3, 0.4) is 0 Å². The molecule has 1 aliphatic rings. The molecule has 2 N–H and O–H groups in total. The summed E-state index contributed by atoms with van der Waals surface area (Å²) in [5, 5.41) is 0. The quantitative estimate of drug-likeness (QED) is 0.892. The first-order chi connectivity index (χ1) is 8.59. The van der Waals surface area contributed by atoms with E-state index in [2.05, 4.69) is 29.9 Å². The summed E-state index contributed by atoms with van der Waals surface area (Å²) in [5.74, 6) is 0.775. The van der Waals surface area contributed by atoms with E-state index < -0.39 is 0 Å². The first kappa shape index (κ1) is 13.3. The van der Waals surface area contributed by atoms with Gasteiger partial charge in [-0.1, -0.05) is 19.8 Å². The Morgan fingerprint density at radius 3 is 2.61 bits per heavy atom. The zero-order valence-electron chi connectivity index (χ0n) is 11.8. The largest absolute Gasteiger partial charge is 0.370 e. The van der Waals surface area contributed by atoms with Crippen LogP contribution in [0.25, 0.3) is 0 Å². The maximum Gasteiger partial charge on any atom is 0.0569 e. The Labute approximate surface area is 110 Å². The third kappa shape index (κ3) is 2.83. The van der Waals surface area contributed by atoms with Crippen LogP contribution < -0.4 is 10.6 Å². The second-order valence-corrected chi connectivity index (χ2v) is 5.67. The molecule has 0 radical (unpaired) electrons. The van der Waals surface area contributed by atoms with Crippen LogP contribution in [0.5, 0.6) is 0 Å². The highest BCUT2D eigenvalue weighted by Crippen LogP contribution is 2.30. The Hall–Kier alpha value is -1.09. The van der Waals surface area contributed by atoms with Crippen molar-refractivity contribution in [2.45, 2.75) is 51.6 Å². The lowest BCUT2D eigenvalue weighted by atomic mass is 9.85. The van der Waals surface area contributed by atoms with E-state index in [9.17, 15) is 0 Å². The molecule has 0 aliphatic heterocycles. The molecule has 2 rings (SSSR count). The molecule has 3 nitrogen and oxygen atoms in total. The van der Waals surface area contributed by atoms with Crippen LogP contribution in [0.15, 0.2) is 18.3 Å². The normalized spacial score (nSPS) is 25.8. The van der Waals surface area contributed by atoms with Crippen molar-refractivity contribution in [3.05, 3.63) is 24.0 Å². The fourth-order valence-electron chi connectivity index (χ4n) is 2.94. The fourth-order valence-corrected chi connectivity index (χ4v) is 2.94. The smallest absolute Gasteiger partial charge is 0.0569 e. The number of hydrogen-bond acceptors (Lipinski definition) is 3. The van der Waals surface area contributed by atoms with Crippen molar-refractivity contribution in [2.75, 3.05) is 11.9 Å². The van der Waals surface area contributed by atoms with E-state index in [1.54, 1.807) is 0 Å². The molecule has 0 aromatic carbocycles. The third-order valence-electron chi connectivity index (χ3n) is 4.21. The number of pyridine rings is 1. The molecular formula is C15H25N3. The van der Waals surface area contributed by atoms with Crippen molar-refractivity contribution in [3.63, 3.8) is 0 Å². The van der Waals surface area contributed by atoms with Crippen LogP contribution in [0.4, 0.5) is 5.69 Å². The Morgan fingerprint density at radius 1 is 1.33 bits per heavy atom. The number of anilines is 1. The van der Waals surface area contributed by atoms with Gasteiger partial charge in [-0.05, 0) is 37.8 Å². The number of nitrogens with two attached hydrogens (primary N) is 1. The van der Waals surface area contributed by atoms with E-state index in [1.807, 2.05) is 19.2 Å². The summed E-state index contributed by atoms with van der Waals surface area (Å²) >= 11 is 0. The van der Waals surface area contributed by atoms with Gasteiger partial charge < -0.3 is 10.6 Å². The summed E-state index contributed by atoms with van der Waals surface area (Å²) in [4.78, 5) is 6.84. The average Bonchev–Trinajstić information content (AvgIpc) is 2.38.